The van der Waals surface area contributed by atoms with Crippen LogP contribution in [0, 0.1) is 11.3 Å². The lowest BCUT2D eigenvalue weighted by atomic mass is 9.86. The molecule has 3 heteroatoms. The van der Waals surface area contributed by atoms with Gasteiger partial charge in [-0.05, 0) is 18.3 Å². The van der Waals surface area contributed by atoms with E-state index < -0.39 is 0 Å². The van der Waals surface area contributed by atoms with Crippen LogP contribution in [0.5, 0.6) is 0 Å². The lowest BCUT2D eigenvalue weighted by molar-refractivity contribution is 0.0375. The zero-order chi connectivity index (χ0) is 12.3. The second-order valence-corrected chi connectivity index (χ2v) is 6.10. The second-order valence-electron chi connectivity index (χ2n) is 6.10. The average Bonchev–Trinajstić information content (AvgIpc) is 2.89. The number of rotatable bonds is 6. The Balaban J connectivity index is 2.37. The summed E-state index contributed by atoms with van der Waals surface area (Å²) in [6, 6.07) is 0.389. The number of hydroxylamine groups is 1. The zero-order valence-electron chi connectivity index (χ0n) is 11.5. The largest absolute Gasteiger partial charge is 0.369 e. The SMILES string of the molecule is CCC(NOC)C(C)C1OC1CC(C)(C)C. The van der Waals surface area contributed by atoms with Crippen molar-refractivity contribution in [3.8, 4) is 0 Å². The normalized spacial score (nSPS) is 28.9. The molecule has 0 aromatic heterocycles. The summed E-state index contributed by atoms with van der Waals surface area (Å²) < 4.78 is 5.79. The Morgan fingerprint density at radius 1 is 1.38 bits per heavy atom. The van der Waals surface area contributed by atoms with Gasteiger partial charge in [-0.3, -0.25) is 0 Å². The molecule has 0 spiro atoms. The summed E-state index contributed by atoms with van der Waals surface area (Å²) >= 11 is 0. The van der Waals surface area contributed by atoms with E-state index in [1.165, 1.54) is 0 Å². The molecule has 1 aliphatic rings. The van der Waals surface area contributed by atoms with Gasteiger partial charge in [0.1, 0.15) is 0 Å². The summed E-state index contributed by atoms with van der Waals surface area (Å²) in [6.45, 7) is 11.2. The monoisotopic (exact) mass is 229 g/mol. The highest BCUT2D eigenvalue weighted by molar-refractivity contribution is 4.94. The summed E-state index contributed by atoms with van der Waals surface area (Å²) in [6.07, 6.45) is 3.07. The van der Waals surface area contributed by atoms with Crippen LogP contribution in [-0.4, -0.2) is 25.4 Å². The van der Waals surface area contributed by atoms with Crippen molar-refractivity contribution in [2.24, 2.45) is 11.3 Å². The lowest BCUT2D eigenvalue weighted by Gasteiger charge is -2.22. The molecular formula is C13H27NO2. The minimum absolute atomic E-state index is 0.357. The van der Waals surface area contributed by atoms with E-state index in [1.54, 1.807) is 7.11 Å². The Hall–Kier alpha value is -0.120. The van der Waals surface area contributed by atoms with Crippen LogP contribution in [0.1, 0.15) is 47.5 Å². The van der Waals surface area contributed by atoms with Crippen molar-refractivity contribution in [1.29, 1.82) is 0 Å². The molecule has 4 atom stereocenters. The highest BCUT2D eigenvalue weighted by atomic mass is 16.6. The van der Waals surface area contributed by atoms with E-state index in [9.17, 15) is 0 Å². The molecule has 96 valence electrons. The van der Waals surface area contributed by atoms with E-state index in [1.807, 2.05) is 0 Å². The fourth-order valence-corrected chi connectivity index (χ4v) is 2.33. The highest BCUT2D eigenvalue weighted by Crippen LogP contribution is 2.39. The zero-order valence-corrected chi connectivity index (χ0v) is 11.5. The summed E-state index contributed by atoms with van der Waals surface area (Å²) in [5.74, 6) is 0.511. The van der Waals surface area contributed by atoms with Crippen LogP contribution in [0.15, 0.2) is 0 Å². The fourth-order valence-electron chi connectivity index (χ4n) is 2.33. The van der Waals surface area contributed by atoms with E-state index in [4.69, 9.17) is 9.57 Å². The molecule has 0 saturated carbocycles. The topological polar surface area (TPSA) is 33.8 Å². The molecule has 1 aliphatic heterocycles. The molecule has 0 aromatic carbocycles. The number of ether oxygens (including phenoxy) is 1. The van der Waals surface area contributed by atoms with Crippen LogP contribution < -0.4 is 5.48 Å². The van der Waals surface area contributed by atoms with Crippen LogP contribution in [0.25, 0.3) is 0 Å². The maximum Gasteiger partial charge on any atom is 0.0883 e. The summed E-state index contributed by atoms with van der Waals surface area (Å²) in [5, 5.41) is 0. The molecule has 0 radical (unpaired) electrons. The molecule has 0 bridgehead atoms. The molecule has 1 heterocycles. The number of hydrogen-bond acceptors (Lipinski definition) is 3. The molecular weight excluding hydrogens is 202 g/mol. The van der Waals surface area contributed by atoms with Crippen LogP contribution in [0.3, 0.4) is 0 Å². The minimum Gasteiger partial charge on any atom is -0.369 e. The van der Waals surface area contributed by atoms with E-state index in [-0.39, 0.29) is 0 Å². The Morgan fingerprint density at radius 3 is 2.44 bits per heavy atom. The fraction of sp³-hybridized carbons (Fsp3) is 1.00. The summed E-state index contributed by atoms with van der Waals surface area (Å²) in [4.78, 5) is 5.02. The van der Waals surface area contributed by atoms with Gasteiger partial charge in [0.25, 0.3) is 0 Å². The number of epoxide rings is 1. The molecule has 4 unspecified atom stereocenters. The predicted octanol–water partition coefficient (Wildman–Crippen LogP) is 2.76. The van der Waals surface area contributed by atoms with Crippen LogP contribution in [0.2, 0.25) is 0 Å². The highest BCUT2D eigenvalue weighted by Gasteiger charge is 2.46. The molecule has 1 saturated heterocycles. The quantitative estimate of drug-likeness (QED) is 0.561. The van der Waals surface area contributed by atoms with E-state index in [0.717, 1.165) is 12.8 Å². The van der Waals surface area contributed by atoms with Gasteiger partial charge in [0.05, 0.1) is 19.3 Å². The van der Waals surface area contributed by atoms with Crippen molar-refractivity contribution in [1.82, 2.24) is 5.48 Å². The van der Waals surface area contributed by atoms with E-state index >= 15 is 0 Å². The number of hydrogen-bond donors (Lipinski definition) is 1. The van der Waals surface area contributed by atoms with Crippen LogP contribution in [-0.2, 0) is 9.57 Å². The molecule has 0 aromatic rings. The smallest absolute Gasteiger partial charge is 0.0883 e. The lowest BCUT2D eigenvalue weighted by Crippen LogP contribution is -2.36. The van der Waals surface area contributed by atoms with Crippen LogP contribution in [0.4, 0.5) is 0 Å². The molecule has 16 heavy (non-hydrogen) atoms. The molecule has 1 rings (SSSR count). The molecule has 1 fully saturated rings. The average molecular weight is 229 g/mol. The van der Waals surface area contributed by atoms with Gasteiger partial charge in [-0.2, -0.15) is 5.48 Å². The Morgan fingerprint density at radius 2 is 2.00 bits per heavy atom. The first-order valence-corrected chi connectivity index (χ1v) is 6.33. The van der Waals surface area contributed by atoms with Gasteiger partial charge in [-0.25, -0.2) is 0 Å². The molecule has 1 N–H and O–H groups in total. The van der Waals surface area contributed by atoms with Gasteiger partial charge in [0.2, 0.25) is 0 Å². The van der Waals surface area contributed by atoms with Gasteiger partial charge >= 0.3 is 0 Å². The van der Waals surface area contributed by atoms with Crippen LogP contribution >= 0.6 is 0 Å². The molecule has 0 amide bonds. The van der Waals surface area contributed by atoms with Crippen molar-refractivity contribution in [3.63, 3.8) is 0 Å². The Bertz CT molecular complexity index is 212. The first-order valence-electron chi connectivity index (χ1n) is 6.33. The first-order chi connectivity index (χ1) is 7.39. The third-order valence-electron chi connectivity index (χ3n) is 3.30. The Labute approximate surface area is 99.8 Å². The first kappa shape index (κ1) is 13.9. The third kappa shape index (κ3) is 4.04. The second kappa shape index (κ2) is 5.48. The maximum atomic E-state index is 5.79. The third-order valence-corrected chi connectivity index (χ3v) is 3.30. The van der Waals surface area contributed by atoms with Crippen molar-refractivity contribution in [3.05, 3.63) is 0 Å². The van der Waals surface area contributed by atoms with Gasteiger partial charge in [-0.15, -0.1) is 0 Å². The molecule has 3 nitrogen and oxygen atoms in total. The minimum atomic E-state index is 0.357. The summed E-state index contributed by atoms with van der Waals surface area (Å²) in [7, 11) is 1.68. The van der Waals surface area contributed by atoms with Crippen molar-refractivity contribution >= 4 is 0 Å². The predicted molar refractivity (Wildman–Crippen MR) is 66.1 cm³/mol. The van der Waals surface area contributed by atoms with Gasteiger partial charge in [0.15, 0.2) is 0 Å². The van der Waals surface area contributed by atoms with Crippen molar-refractivity contribution < 1.29 is 9.57 Å². The Kier molecular flexibility index (Phi) is 4.77. The van der Waals surface area contributed by atoms with Gasteiger partial charge in [0, 0.05) is 12.0 Å². The van der Waals surface area contributed by atoms with Crippen molar-refractivity contribution in [2.75, 3.05) is 7.11 Å². The van der Waals surface area contributed by atoms with Crippen molar-refractivity contribution in [2.45, 2.75) is 65.7 Å². The van der Waals surface area contributed by atoms with Gasteiger partial charge in [-0.1, -0.05) is 34.6 Å². The molecule has 0 aliphatic carbocycles. The standard InChI is InChI=1S/C13H27NO2/c1-7-10(14-15-6)9(2)12-11(16-12)8-13(3,4)5/h9-12,14H,7-8H2,1-6H3. The van der Waals surface area contributed by atoms with E-state index in [0.29, 0.717) is 29.6 Å². The van der Waals surface area contributed by atoms with E-state index in [2.05, 4.69) is 40.1 Å². The number of nitrogens with one attached hydrogen (secondary N) is 1. The maximum absolute atomic E-state index is 5.79. The van der Waals surface area contributed by atoms with Gasteiger partial charge < -0.3 is 9.57 Å². The summed E-state index contributed by atoms with van der Waals surface area (Å²) in [5.41, 5.74) is 3.41.